The van der Waals surface area contributed by atoms with E-state index in [4.69, 9.17) is 11.6 Å². The van der Waals surface area contributed by atoms with E-state index in [-0.39, 0.29) is 5.91 Å². The first-order valence-corrected chi connectivity index (χ1v) is 7.18. The zero-order valence-corrected chi connectivity index (χ0v) is 12.6. The number of amides is 1. The van der Waals surface area contributed by atoms with E-state index in [0.717, 1.165) is 30.5 Å². The average Bonchev–Trinajstić information content (AvgIpc) is 2.81. The first-order chi connectivity index (χ1) is 8.63. The highest BCUT2D eigenvalue weighted by atomic mass is 79.9. The number of nitrogens with zero attached hydrogens (tertiary/aromatic N) is 1. The lowest BCUT2D eigenvalue weighted by atomic mass is 10.1. The topological polar surface area (TPSA) is 32.3 Å². The van der Waals surface area contributed by atoms with Crippen molar-refractivity contribution < 1.29 is 4.79 Å². The number of likely N-dealkylation sites (tertiary alicyclic amines) is 1. The van der Waals surface area contributed by atoms with Gasteiger partial charge in [-0.25, -0.2) is 0 Å². The van der Waals surface area contributed by atoms with Gasteiger partial charge in [-0.2, -0.15) is 0 Å². The van der Waals surface area contributed by atoms with Gasteiger partial charge >= 0.3 is 0 Å². The van der Waals surface area contributed by atoms with Crippen molar-refractivity contribution in [1.82, 2.24) is 10.2 Å². The highest BCUT2D eigenvalue weighted by Crippen LogP contribution is 2.28. The molecule has 1 aromatic carbocycles. The first kappa shape index (κ1) is 13.8. The molecule has 0 radical (unpaired) electrons. The van der Waals surface area contributed by atoms with Crippen molar-refractivity contribution in [2.75, 3.05) is 26.7 Å². The summed E-state index contributed by atoms with van der Waals surface area (Å²) < 4.78 is 0.765. The van der Waals surface area contributed by atoms with Crippen LogP contribution in [0, 0.1) is 5.92 Å². The van der Waals surface area contributed by atoms with E-state index in [1.54, 1.807) is 6.07 Å². The van der Waals surface area contributed by atoms with E-state index in [0.29, 0.717) is 16.5 Å². The Labute approximate surface area is 121 Å². The van der Waals surface area contributed by atoms with Gasteiger partial charge in [0, 0.05) is 17.6 Å². The monoisotopic (exact) mass is 330 g/mol. The van der Waals surface area contributed by atoms with Gasteiger partial charge in [-0.05, 0) is 54.0 Å². The first-order valence-electron chi connectivity index (χ1n) is 6.01. The molecule has 3 nitrogen and oxygen atoms in total. The third kappa shape index (κ3) is 2.87. The molecule has 18 heavy (non-hydrogen) atoms. The van der Waals surface area contributed by atoms with Gasteiger partial charge in [0.05, 0.1) is 10.6 Å². The summed E-state index contributed by atoms with van der Waals surface area (Å²) in [6, 6.07) is 5.46. The Morgan fingerprint density at radius 1 is 1.61 bits per heavy atom. The number of halogens is 2. The number of hydrogen-bond donors (Lipinski definition) is 1. The minimum atomic E-state index is 0.0277. The van der Waals surface area contributed by atoms with Crippen LogP contribution >= 0.6 is 27.5 Å². The van der Waals surface area contributed by atoms with Gasteiger partial charge in [0.1, 0.15) is 0 Å². The maximum absolute atomic E-state index is 12.4. The molecule has 1 heterocycles. The number of carbonyl (C=O) groups is 1. The highest BCUT2D eigenvalue weighted by Gasteiger charge is 2.27. The normalized spacial score (nSPS) is 19.3. The SMILES string of the molecule is CNCC1CCN(C(=O)c2cccc(Br)c2Cl)C1. The Bertz CT molecular complexity index is 453. The van der Waals surface area contributed by atoms with E-state index in [1.165, 1.54) is 0 Å². The average molecular weight is 332 g/mol. The van der Waals surface area contributed by atoms with Crippen molar-refractivity contribution in [3.63, 3.8) is 0 Å². The van der Waals surface area contributed by atoms with Gasteiger partial charge in [-0.1, -0.05) is 17.7 Å². The maximum atomic E-state index is 12.4. The Morgan fingerprint density at radius 2 is 2.39 bits per heavy atom. The van der Waals surface area contributed by atoms with Gasteiger partial charge in [0.15, 0.2) is 0 Å². The van der Waals surface area contributed by atoms with Crippen LogP contribution in [0.15, 0.2) is 22.7 Å². The van der Waals surface area contributed by atoms with Gasteiger partial charge in [-0.15, -0.1) is 0 Å². The third-order valence-corrected chi connectivity index (χ3v) is 4.54. The van der Waals surface area contributed by atoms with Crippen molar-refractivity contribution in [3.8, 4) is 0 Å². The largest absolute Gasteiger partial charge is 0.338 e. The lowest BCUT2D eigenvalue weighted by Gasteiger charge is -2.17. The summed E-state index contributed by atoms with van der Waals surface area (Å²) in [5.74, 6) is 0.574. The fourth-order valence-electron chi connectivity index (χ4n) is 2.31. The van der Waals surface area contributed by atoms with Crippen LogP contribution in [0.1, 0.15) is 16.8 Å². The molecule has 0 bridgehead atoms. The molecule has 1 amide bonds. The third-order valence-electron chi connectivity index (χ3n) is 3.25. The smallest absolute Gasteiger partial charge is 0.255 e. The summed E-state index contributed by atoms with van der Waals surface area (Å²) in [5, 5.41) is 3.66. The molecule has 0 saturated carbocycles. The fourth-order valence-corrected chi connectivity index (χ4v) is 2.88. The Balaban J connectivity index is 2.11. The van der Waals surface area contributed by atoms with Crippen molar-refractivity contribution in [1.29, 1.82) is 0 Å². The molecule has 1 aliphatic heterocycles. The van der Waals surface area contributed by atoms with Gasteiger partial charge in [0.25, 0.3) is 5.91 Å². The number of benzene rings is 1. The number of carbonyl (C=O) groups excluding carboxylic acids is 1. The summed E-state index contributed by atoms with van der Waals surface area (Å²) in [4.78, 5) is 14.3. The molecule has 1 N–H and O–H groups in total. The van der Waals surface area contributed by atoms with Crippen LogP contribution in [0.2, 0.25) is 5.02 Å². The summed E-state index contributed by atoms with van der Waals surface area (Å²) >= 11 is 9.50. The molecule has 1 saturated heterocycles. The molecular formula is C13H16BrClN2O. The molecule has 2 rings (SSSR count). The molecule has 1 unspecified atom stereocenters. The van der Waals surface area contributed by atoms with Crippen LogP contribution in [0.25, 0.3) is 0 Å². The second-order valence-electron chi connectivity index (χ2n) is 4.56. The van der Waals surface area contributed by atoms with E-state index >= 15 is 0 Å². The molecule has 1 aliphatic rings. The highest BCUT2D eigenvalue weighted by molar-refractivity contribution is 9.10. The van der Waals surface area contributed by atoms with Crippen LogP contribution in [0.4, 0.5) is 0 Å². The molecule has 1 atom stereocenters. The van der Waals surface area contributed by atoms with Gasteiger partial charge in [0.2, 0.25) is 0 Å². The van der Waals surface area contributed by atoms with Crippen molar-refractivity contribution in [2.24, 2.45) is 5.92 Å². The van der Waals surface area contributed by atoms with E-state index in [9.17, 15) is 4.79 Å². The lowest BCUT2D eigenvalue weighted by Crippen LogP contribution is -2.30. The molecule has 98 valence electrons. The zero-order valence-electron chi connectivity index (χ0n) is 10.2. The molecule has 1 aromatic rings. The van der Waals surface area contributed by atoms with Crippen LogP contribution < -0.4 is 5.32 Å². The molecule has 0 spiro atoms. The molecule has 0 aliphatic carbocycles. The molecule has 5 heteroatoms. The quantitative estimate of drug-likeness (QED) is 0.924. The minimum Gasteiger partial charge on any atom is -0.338 e. The zero-order chi connectivity index (χ0) is 13.1. The standard InChI is InChI=1S/C13H16BrClN2O/c1-16-7-9-5-6-17(8-9)13(18)10-3-2-4-11(14)12(10)15/h2-4,9,16H,5-8H2,1H3. The summed E-state index contributed by atoms with van der Waals surface area (Å²) in [5.41, 5.74) is 0.580. The lowest BCUT2D eigenvalue weighted by molar-refractivity contribution is 0.0787. The molecule has 1 fully saturated rings. The van der Waals surface area contributed by atoms with Crippen LogP contribution in [0.3, 0.4) is 0 Å². The van der Waals surface area contributed by atoms with Crippen molar-refractivity contribution >= 4 is 33.4 Å². The Kier molecular flexibility index (Phi) is 4.65. The second-order valence-corrected chi connectivity index (χ2v) is 5.80. The minimum absolute atomic E-state index is 0.0277. The Hall–Kier alpha value is -0.580. The summed E-state index contributed by atoms with van der Waals surface area (Å²) in [6.45, 7) is 2.58. The number of hydrogen-bond acceptors (Lipinski definition) is 2. The van der Waals surface area contributed by atoms with Crippen LogP contribution in [-0.4, -0.2) is 37.5 Å². The van der Waals surface area contributed by atoms with Crippen molar-refractivity contribution in [2.45, 2.75) is 6.42 Å². The van der Waals surface area contributed by atoms with Crippen LogP contribution in [0.5, 0.6) is 0 Å². The van der Waals surface area contributed by atoms with E-state index in [1.807, 2.05) is 24.1 Å². The van der Waals surface area contributed by atoms with Gasteiger partial charge in [-0.3, -0.25) is 4.79 Å². The Morgan fingerprint density at radius 3 is 3.11 bits per heavy atom. The maximum Gasteiger partial charge on any atom is 0.255 e. The van der Waals surface area contributed by atoms with E-state index in [2.05, 4.69) is 21.2 Å². The predicted molar refractivity (Wildman–Crippen MR) is 77.1 cm³/mol. The van der Waals surface area contributed by atoms with Crippen LogP contribution in [-0.2, 0) is 0 Å². The second kappa shape index (κ2) is 6.04. The summed E-state index contributed by atoms with van der Waals surface area (Å²) in [6.07, 6.45) is 1.05. The van der Waals surface area contributed by atoms with Crippen molar-refractivity contribution in [3.05, 3.63) is 33.3 Å². The molecule has 0 aromatic heterocycles. The number of rotatable bonds is 3. The predicted octanol–water partition coefficient (Wildman–Crippen LogP) is 2.78. The van der Waals surface area contributed by atoms with E-state index < -0.39 is 0 Å². The summed E-state index contributed by atoms with van der Waals surface area (Å²) in [7, 11) is 1.94. The molecular weight excluding hydrogens is 316 g/mol. The van der Waals surface area contributed by atoms with Gasteiger partial charge < -0.3 is 10.2 Å². The fraction of sp³-hybridized carbons (Fsp3) is 0.462. The number of nitrogens with one attached hydrogen (secondary N) is 1.